The topological polar surface area (TPSA) is 20.3 Å². The summed E-state index contributed by atoms with van der Waals surface area (Å²) in [4.78, 5) is 14.9. The Labute approximate surface area is 141 Å². The van der Waals surface area contributed by atoms with Crippen molar-refractivity contribution in [3.8, 4) is 0 Å². The second-order valence-electron chi connectivity index (χ2n) is 5.61. The first-order chi connectivity index (χ1) is 10.5. The highest BCUT2D eigenvalue weighted by Crippen LogP contribution is 2.28. The summed E-state index contributed by atoms with van der Waals surface area (Å²) >= 11 is 12.2. The Morgan fingerprint density at radius 3 is 2.36 bits per heavy atom. The Hall–Kier alpha value is -1.35. The fraction of sp³-hybridized carbons (Fsp3) is 0.278. The molecule has 0 bridgehead atoms. The molecule has 0 aliphatic carbocycles. The number of carbonyl (C=O) groups excluding carboxylic acids is 1. The van der Waals surface area contributed by atoms with Crippen LogP contribution in [-0.2, 0) is 6.42 Å². The third-order valence-corrected chi connectivity index (χ3v) is 4.32. The number of Topliss-reactive ketones (excluding diaryl/α,β-unsaturated/α-hetero) is 1. The van der Waals surface area contributed by atoms with Gasteiger partial charge in [-0.2, -0.15) is 0 Å². The van der Waals surface area contributed by atoms with Gasteiger partial charge in [-0.15, -0.1) is 0 Å². The van der Waals surface area contributed by atoms with Crippen LogP contribution < -0.4 is 0 Å². The van der Waals surface area contributed by atoms with Crippen LogP contribution in [0, 0.1) is 5.92 Å². The summed E-state index contributed by atoms with van der Waals surface area (Å²) in [6, 6.07) is 15.2. The quantitative estimate of drug-likeness (QED) is 0.719. The molecule has 0 unspecified atom stereocenters. The van der Waals surface area contributed by atoms with Crippen LogP contribution in [-0.4, -0.2) is 31.3 Å². The van der Waals surface area contributed by atoms with Crippen molar-refractivity contribution in [3.63, 3.8) is 0 Å². The molecule has 0 radical (unpaired) electrons. The maximum absolute atomic E-state index is 12.9. The SMILES string of the molecule is CN(C)C[C@H](Cc1ccccc1)C(=O)c1cccc(Cl)c1Cl. The lowest BCUT2D eigenvalue weighted by atomic mass is 9.91. The molecule has 0 amide bonds. The predicted octanol–water partition coefficient (Wildman–Crippen LogP) is 4.60. The molecule has 0 heterocycles. The fourth-order valence-electron chi connectivity index (χ4n) is 2.49. The highest BCUT2D eigenvalue weighted by atomic mass is 35.5. The van der Waals surface area contributed by atoms with E-state index in [1.807, 2.05) is 49.3 Å². The molecule has 22 heavy (non-hydrogen) atoms. The van der Waals surface area contributed by atoms with Gasteiger partial charge < -0.3 is 4.90 Å². The van der Waals surface area contributed by atoms with Gasteiger partial charge in [0.2, 0.25) is 0 Å². The van der Waals surface area contributed by atoms with Crippen LogP contribution in [0.4, 0.5) is 0 Å². The van der Waals surface area contributed by atoms with Gasteiger partial charge in [-0.3, -0.25) is 4.79 Å². The van der Waals surface area contributed by atoms with Gasteiger partial charge in [0.05, 0.1) is 10.0 Å². The Morgan fingerprint density at radius 2 is 1.73 bits per heavy atom. The molecular formula is C18H19Cl2NO. The molecule has 0 N–H and O–H groups in total. The summed E-state index contributed by atoms with van der Waals surface area (Å²) in [7, 11) is 3.93. The third-order valence-electron chi connectivity index (χ3n) is 3.50. The van der Waals surface area contributed by atoms with Crippen LogP contribution in [0.1, 0.15) is 15.9 Å². The van der Waals surface area contributed by atoms with Gasteiger partial charge in [0.1, 0.15) is 0 Å². The van der Waals surface area contributed by atoms with Crippen molar-refractivity contribution in [3.05, 3.63) is 69.7 Å². The van der Waals surface area contributed by atoms with Crippen LogP contribution in [0.5, 0.6) is 0 Å². The number of hydrogen-bond acceptors (Lipinski definition) is 2. The van der Waals surface area contributed by atoms with E-state index in [9.17, 15) is 4.79 Å². The van der Waals surface area contributed by atoms with E-state index in [0.717, 1.165) is 5.56 Å². The van der Waals surface area contributed by atoms with E-state index >= 15 is 0 Å². The summed E-state index contributed by atoms with van der Waals surface area (Å²) in [6.45, 7) is 0.663. The Morgan fingerprint density at radius 1 is 1.05 bits per heavy atom. The zero-order valence-electron chi connectivity index (χ0n) is 12.7. The molecule has 0 aromatic heterocycles. The number of hydrogen-bond donors (Lipinski definition) is 0. The molecule has 0 spiro atoms. The second-order valence-corrected chi connectivity index (χ2v) is 6.40. The van der Waals surface area contributed by atoms with Crippen molar-refractivity contribution in [1.29, 1.82) is 0 Å². The minimum Gasteiger partial charge on any atom is -0.309 e. The van der Waals surface area contributed by atoms with Gasteiger partial charge in [0.25, 0.3) is 0 Å². The summed E-state index contributed by atoms with van der Waals surface area (Å²) in [5.41, 5.74) is 1.64. The van der Waals surface area contributed by atoms with E-state index in [0.29, 0.717) is 28.6 Å². The fourth-order valence-corrected chi connectivity index (χ4v) is 2.89. The molecule has 0 fully saturated rings. The van der Waals surface area contributed by atoms with E-state index in [-0.39, 0.29) is 11.7 Å². The van der Waals surface area contributed by atoms with Gasteiger partial charge in [-0.05, 0) is 38.2 Å². The highest BCUT2D eigenvalue weighted by molar-refractivity contribution is 6.44. The van der Waals surface area contributed by atoms with Gasteiger partial charge in [-0.1, -0.05) is 59.6 Å². The first-order valence-electron chi connectivity index (χ1n) is 7.16. The Balaban J connectivity index is 2.28. The monoisotopic (exact) mass is 335 g/mol. The smallest absolute Gasteiger partial charge is 0.169 e. The van der Waals surface area contributed by atoms with E-state index < -0.39 is 0 Å². The third kappa shape index (κ3) is 4.33. The Bertz CT molecular complexity index is 641. The summed E-state index contributed by atoms with van der Waals surface area (Å²) in [5, 5.41) is 0.752. The van der Waals surface area contributed by atoms with Crippen LogP contribution in [0.2, 0.25) is 10.0 Å². The number of rotatable bonds is 6. The predicted molar refractivity (Wildman–Crippen MR) is 93.0 cm³/mol. The lowest BCUT2D eigenvalue weighted by Crippen LogP contribution is -2.30. The molecule has 4 heteroatoms. The van der Waals surface area contributed by atoms with Gasteiger partial charge in [0, 0.05) is 18.0 Å². The molecule has 116 valence electrons. The zero-order chi connectivity index (χ0) is 16.1. The van der Waals surface area contributed by atoms with E-state index in [4.69, 9.17) is 23.2 Å². The van der Waals surface area contributed by atoms with Gasteiger partial charge in [-0.25, -0.2) is 0 Å². The van der Waals surface area contributed by atoms with Crippen molar-refractivity contribution < 1.29 is 4.79 Å². The molecule has 0 saturated heterocycles. The van der Waals surface area contributed by atoms with Crippen molar-refractivity contribution in [2.24, 2.45) is 5.92 Å². The summed E-state index contributed by atoms with van der Waals surface area (Å²) < 4.78 is 0. The normalized spacial score (nSPS) is 12.4. The van der Waals surface area contributed by atoms with Crippen LogP contribution >= 0.6 is 23.2 Å². The number of halogens is 2. The Kier molecular flexibility index (Phi) is 6.01. The van der Waals surface area contributed by atoms with Crippen LogP contribution in [0.25, 0.3) is 0 Å². The largest absolute Gasteiger partial charge is 0.309 e. The summed E-state index contributed by atoms with van der Waals surface area (Å²) in [6.07, 6.45) is 0.681. The number of ketones is 1. The number of benzene rings is 2. The first-order valence-corrected chi connectivity index (χ1v) is 7.91. The lowest BCUT2D eigenvalue weighted by Gasteiger charge is -2.21. The molecule has 2 nitrogen and oxygen atoms in total. The van der Waals surface area contributed by atoms with Crippen LogP contribution in [0.3, 0.4) is 0 Å². The molecule has 0 saturated carbocycles. The van der Waals surface area contributed by atoms with Crippen molar-refractivity contribution >= 4 is 29.0 Å². The molecule has 2 aromatic carbocycles. The van der Waals surface area contributed by atoms with E-state index in [1.54, 1.807) is 18.2 Å². The minimum absolute atomic E-state index is 0.0325. The van der Waals surface area contributed by atoms with E-state index in [2.05, 4.69) is 0 Å². The standard InChI is InChI=1S/C18H19Cl2NO/c1-21(2)12-14(11-13-7-4-3-5-8-13)18(22)15-9-6-10-16(19)17(15)20/h3-10,14H,11-12H2,1-2H3/t14-/m0/s1. The van der Waals surface area contributed by atoms with Gasteiger partial charge in [0.15, 0.2) is 5.78 Å². The average Bonchev–Trinajstić information content (AvgIpc) is 2.49. The van der Waals surface area contributed by atoms with Crippen LogP contribution in [0.15, 0.2) is 48.5 Å². The minimum atomic E-state index is -0.159. The molecule has 0 aliphatic heterocycles. The maximum atomic E-state index is 12.9. The van der Waals surface area contributed by atoms with Crippen molar-refractivity contribution in [2.45, 2.75) is 6.42 Å². The van der Waals surface area contributed by atoms with Gasteiger partial charge >= 0.3 is 0 Å². The molecule has 1 atom stereocenters. The molecular weight excluding hydrogens is 317 g/mol. The van der Waals surface area contributed by atoms with E-state index in [1.165, 1.54) is 0 Å². The van der Waals surface area contributed by atoms with Crippen molar-refractivity contribution in [2.75, 3.05) is 20.6 Å². The summed E-state index contributed by atoms with van der Waals surface area (Å²) in [5.74, 6) is -0.126. The first kappa shape index (κ1) is 17.0. The molecule has 2 rings (SSSR count). The number of carbonyl (C=O) groups is 1. The maximum Gasteiger partial charge on any atom is 0.169 e. The van der Waals surface area contributed by atoms with Crippen molar-refractivity contribution in [1.82, 2.24) is 4.90 Å². The lowest BCUT2D eigenvalue weighted by molar-refractivity contribution is 0.0897. The second kappa shape index (κ2) is 7.77. The average molecular weight is 336 g/mol. The molecule has 2 aromatic rings. The number of nitrogens with zero attached hydrogens (tertiary/aromatic N) is 1. The zero-order valence-corrected chi connectivity index (χ0v) is 14.2. The highest BCUT2D eigenvalue weighted by Gasteiger charge is 2.24. The molecule has 0 aliphatic rings.